The molecular formula is C16H3F6N5O2. The first-order valence-corrected chi connectivity index (χ1v) is 7.27. The van der Waals surface area contributed by atoms with Gasteiger partial charge in [-0.25, -0.2) is 9.97 Å². The number of halogens is 6. The van der Waals surface area contributed by atoms with Gasteiger partial charge in [0.15, 0.2) is 16.7 Å². The van der Waals surface area contributed by atoms with Crippen molar-refractivity contribution in [1.82, 2.24) is 9.97 Å². The van der Waals surface area contributed by atoms with Crippen LogP contribution in [0, 0.1) is 34.0 Å². The minimum absolute atomic E-state index is 0.364. The van der Waals surface area contributed by atoms with E-state index < -0.39 is 62.3 Å². The maximum absolute atomic E-state index is 13.7. The van der Waals surface area contributed by atoms with E-state index in [2.05, 4.69) is 9.97 Å². The first kappa shape index (κ1) is 19.7. The normalized spacial score (nSPS) is 13.1. The van der Waals surface area contributed by atoms with Crippen LogP contribution in [0.2, 0.25) is 0 Å². The Labute approximate surface area is 155 Å². The molecule has 0 saturated carbocycles. The second kappa shape index (κ2) is 6.24. The van der Waals surface area contributed by atoms with Gasteiger partial charge >= 0.3 is 12.4 Å². The van der Waals surface area contributed by atoms with Crippen LogP contribution < -0.4 is 11.1 Å². The van der Waals surface area contributed by atoms with Gasteiger partial charge in [-0.15, -0.1) is 0 Å². The zero-order valence-electron chi connectivity index (χ0n) is 13.8. The van der Waals surface area contributed by atoms with Gasteiger partial charge < -0.3 is 8.83 Å². The molecule has 0 fully saturated rings. The standard InChI is InChI=1S/C16H3F6N5O2/c1-5(2-23)13-26-9-7(15(17,18)19)12-10(8(11(9)28-13)16(20,21)22)27-14(29-12)6(3-24)4-25/h1H3/b13-5-. The second-order valence-electron chi connectivity index (χ2n) is 5.47. The van der Waals surface area contributed by atoms with Gasteiger partial charge in [0, 0.05) is 0 Å². The van der Waals surface area contributed by atoms with E-state index in [4.69, 9.17) is 24.6 Å². The zero-order valence-corrected chi connectivity index (χ0v) is 13.8. The molecule has 2 heterocycles. The molecule has 7 nitrogen and oxygen atoms in total. The van der Waals surface area contributed by atoms with Gasteiger partial charge in [-0.05, 0) is 6.92 Å². The van der Waals surface area contributed by atoms with E-state index in [0.29, 0.717) is 0 Å². The minimum atomic E-state index is -5.27. The molecule has 3 rings (SSSR count). The third-order valence-electron chi connectivity index (χ3n) is 3.67. The number of aromatic nitrogens is 2. The second-order valence-corrected chi connectivity index (χ2v) is 5.47. The van der Waals surface area contributed by atoms with Crippen LogP contribution in [0.15, 0.2) is 8.83 Å². The first-order chi connectivity index (χ1) is 13.4. The summed E-state index contributed by atoms with van der Waals surface area (Å²) in [6.45, 7) is 1.09. The molecule has 0 spiro atoms. The van der Waals surface area contributed by atoms with Crippen LogP contribution in [0.25, 0.3) is 33.3 Å². The average Bonchev–Trinajstić information content (AvgIpc) is 3.21. The number of oxazole rings is 2. The van der Waals surface area contributed by atoms with Crippen molar-refractivity contribution >= 4 is 33.3 Å². The number of hydrogen-bond acceptors (Lipinski definition) is 7. The Bertz CT molecular complexity index is 1330. The summed E-state index contributed by atoms with van der Waals surface area (Å²) in [5, 5.41) is 26.5. The summed E-state index contributed by atoms with van der Waals surface area (Å²) in [5.74, 6) is 0. The molecule has 3 aromatic rings. The fraction of sp³-hybridized carbons (Fsp3) is 0.188. The van der Waals surface area contributed by atoms with E-state index in [1.807, 2.05) is 0 Å². The van der Waals surface area contributed by atoms with E-state index in [1.54, 1.807) is 0 Å². The fourth-order valence-electron chi connectivity index (χ4n) is 2.49. The molecule has 0 aliphatic heterocycles. The summed E-state index contributed by atoms with van der Waals surface area (Å²) < 4.78 is 91.7. The smallest absolute Gasteiger partial charge is 0.422 e. The highest BCUT2D eigenvalue weighted by Crippen LogP contribution is 2.45. The van der Waals surface area contributed by atoms with Crippen LogP contribution in [-0.4, -0.2) is 9.97 Å². The van der Waals surface area contributed by atoms with Gasteiger partial charge in [0.2, 0.25) is 11.1 Å². The number of hydrogen-bond donors (Lipinski definition) is 0. The molecule has 0 radical (unpaired) electrons. The van der Waals surface area contributed by atoms with Gasteiger partial charge in [0.1, 0.15) is 40.4 Å². The SMILES string of the molecule is C/C(C#N)=c1\nc2c(C(F)(F)F)c3oc(=C(C#N)C#N)nc3c(C(F)(F)F)c2o1. The van der Waals surface area contributed by atoms with Crippen molar-refractivity contribution in [2.45, 2.75) is 19.3 Å². The monoisotopic (exact) mass is 411 g/mol. The summed E-state index contributed by atoms with van der Waals surface area (Å²) in [5.41, 5.74) is -11.8. The number of nitriles is 3. The number of rotatable bonds is 0. The fourth-order valence-corrected chi connectivity index (χ4v) is 2.49. The maximum Gasteiger partial charge on any atom is 0.422 e. The molecule has 0 bridgehead atoms. The van der Waals surface area contributed by atoms with E-state index >= 15 is 0 Å². The molecule has 146 valence electrons. The Morgan fingerprint density at radius 3 is 1.55 bits per heavy atom. The number of benzene rings is 1. The van der Waals surface area contributed by atoms with E-state index in [-0.39, 0.29) is 5.57 Å². The largest absolute Gasteiger partial charge is 0.435 e. The molecule has 0 aliphatic carbocycles. The molecule has 0 N–H and O–H groups in total. The van der Waals surface area contributed by atoms with Crippen molar-refractivity contribution in [2.24, 2.45) is 0 Å². The van der Waals surface area contributed by atoms with Crippen LogP contribution in [0.1, 0.15) is 18.1 Å². The van der Waals surface area contributed by atoms with Crippen molar-refractivity contribution in [3.05, 3.63) is 22.2 Å². The predicted molar refractivity (Wildman–Crippen MR) is 80.2 cm³/mol. The Morgan fingerprint density at radius 1 is 0.759 bits per heavy atom. The predicted octanol–water partition coefficient (Wildman–Crippen LogP) is 2.90. The van der Waals surface area contributed by atoms with E-state index in [0.717, 1.165) is 6.92 Å². The Morgan fingerprint density at radius 2 is 1.17 bits per heavy atom. The zero-order chi connectivity index (χ0) is 21.7. The molecule has 0 unspecified atom stereocenters. The van der Waals surface area contributed by atoms with Crippen molar-refractivity contribution in [3.8, 4) is 18.2 Å². The van der Waals surface area contributed by atoms with Gasteiger partial charge in [-0.1, -0.05) is 0 Å². The van der Waals surface area contributed by atoms with Crippen LogP contribution in [0.4, 0.5) is 26.3 Å². The average molecular weight is 411 g/mol. The van der Waals surface area contributed by atoms with Crippen LogP contribution in [-0.2, 0) is 12.4 Å². The first-order valence-electron chi connectivity index (χ1n) is 7.27. The van der Waals surface area contributed by atoms with Crippen molar-refractivity contribution in [2.75, 3.05) is 0 Å². The lowest BCUT2D eigenvalue weighted by molar-refractivity contribution is -0.138. The summed E-state index contributed by atoms with van der Waals surface area (Å²) in [4.78, 5) is 6.69. The van der Waals surface area contributed by atoms with Crippen molar-refractivity contribution in [1.29, 1.82) is 15.8 Å². The highest BCUT2D eigenvalue weighted by atomic mass is 19.4. The molecule has 0 amide bonds. The van der Waals surface area contributed by atoms with Crippen LogP contribution >= 0.6 is 0 Å². The van der Waals surface area contributed by atoms with Gasteiger partial charge in [0.25, 0.3) is 0 Å². The Hall–Kier alpha value is -4.05. The van der Waals surface area contributed by atoms with E-state index in [1.165, 1.54) is 18.2 Å². The third kappa shape index (κ3) is 3.01. The molecule has 13 heteroatoms. The van der Waals surface area contributed by atoms with Crippen LogP contribution in [0.5, 0.6) is 0 Å². The maximum atomic E-state index is 13.7. The molecule has 0 atom stereocenters. The van der Waals surface area contributed by atoms with Gasteiger partial charge in [-0.3, -0.25) is 0 Å². The summed E-state index contributed by atoms with van der Waals surface area (Å²) >= 11 is 0. The highest BCUT2D eigenvalue weighted by molar-refractivity contribution is 5.99. The van der Waals surface area contributed by atoms with Crippen molar-refractivity contribution < 1.29 is 35.2 Å². The van der Waals surface area contributed by atoms with Crippen molar-refractivity contribution in [3.63, 3.8) is 0 Å². The lowest BCUT2D eigenvalue weighted by Crippen LogP contribution is -2.12. The Kier molecular flexibility index (Phi) is 4.24. The van der Waals surface area contributed by atoms with Gasteiger partial charge in [0.05, 0.1) is 5.57 Å². The molecule has 1 aromatic carbocycles. The Balaban J connectivity index is 2.77. The molecular weight excluding hydrogens is 408 g/mol. The summed E-state index contributed by atoms with van der Waals surface area (Å²) in [7, 11) is 0. The van der Waals surface area contributed by atoms with Crippen LogP contribution in [0.3, 0.4) is 0 Å². The highest BCUT2D eigenvalue weighted by Gasteiger charge is 2.46. The van der Waals surface area contributed by atoms with E-state index in [9.17, 15) is 26.3 Å². The summed E-state index contributed by atoms with van der Waals surface area (Å²) in [6, 6.07) is 4.06. The molecule has 2 aromatic heterocycles. The quantitative estimate of drug-likeness (QED) is 0.521. The molecule has 0 aliphatic rings. The number of nitrogens with zero attached hydrogens (tertiary/aromatic N) is 5. The molecule has 29 heavy (non-hydrogen) atoms. The number of alkyl halides is 6. The third-order valence-corrected chi connectivity index (χ3v) is 3.67. The lowest BCUT2D eigenvalue weighted by Gasteiger charge is -2.11. The summed E-state index contributed by atoms with van der Waals surface area (Å²) in [6.07, 6.45) is -10.5. The molecule has 0 saturated heterocycles. The number of fused-ring (bicyclic) bond motifs is 2. The topological polar surface area (TPSA) is 123 Å². The lowest BCUT2D eigenvalue weighted by atomic mass is 10.1. The minimum Gasteiger partial charge on any atom is -0.435 e. The van der Waals surface area contributed by atoms with Gasteiger partial charge in [-0.2, -0.15) is 42.1 Å².